The third kappa shape index (κ3) is 3.80. The van der Waals surface area contributed by atoms with E-state index in [4.69, 9.17) is 27.9 Å². The van der Waals surface area contributed by atoms with Crippen molar-refractivity contribution in [3.63, 3.8) is 0 Å². The average molecular weight is 376 g/mol. The Hall–Kier alpha value is -1.01. The summed E-state index contributed by atoms with van der Waals surface area (Å²) in [4.78, 5) is 13.7. The molecule has 0 spiro atoms. The van der Waals surface area contributed by atoms with E-state index in [9.17, 15) is 15.0 Å². The molecule has 1 saturated heterocycles. The minimum absolute atomic E-state index is 0.291. The number of nitrogens with zero attached hydrogens (tertiary/aromatic N) is 1. The number of aliphatic hydroxyl groups excluding tert-OH is 1. The number of hydrogen-bond donors (Lipinski definition) is 2. The molecular weight excluding hydrogens is 353 g/mol. The Bertz CT molecular complexity index is 610. The summed E-state index contributed by atoms with van der Waals surface area (Å²) >= 11 is 12.2. The number of hydrogen-bond acceptors (Lipinski definition) is 4. The smallest absolute Gasteiger partial charge is 0.312 e. The van der Waals surface area contributed by atoms with Crippen molar-refractivity contribution in [2.75, 3.05) is 20.2 Å². The zero-order valence-corrected chi connectivity index (χ0v) is 15.4. The van der Waals surface area contributed by atoms with Crippen molar-refractivity contribution < 1.29 is 19.7 Å². The van der Waals surface area contributed by atoms with E-state index in [1.54, 1.807) is 19.2 Å². The van der Waals surface area contributed by atoms with E-state index < -0.39 is 17.5 Å². The first-order chi connectivity index (χ1) is 11.3. The molecule has 0 unspecified atom stereocenters. The fourth-order valence-corrected chi connectivity index (χ4v) is 4.09. The fraction of sp³-hybridized carbons (Fsp3) is 0.588. The van der Waals surface area contributed by atoms with Gasteiger partial charge in [-0.25, -0.2) is 0 Å². The van der Waals surface area contributed by atoms with Gasteiger partial charge in [0, 0.05) is 23.7 Å². The van der Waals surface area contributed by atoms with Crippen molar-refractivity contribution in [3.05, 3.63) is 27.7 Å². The fourth-order valence-electron chi connectivity index (χ4n) is 3.47. The van der Waals surface area contributed by atoms with Crippen LogP contribution in [0, 0.1) is 5.41 Å². The van der Waals surface area contributed by atoms with E-state index in [0.717, 1.165) is 12.0 Å². The SMILES string of the molecule is CCC[C@]1(C(=O)O)CCN(Cc2cc(Cl)cc(Cl)c2OC)C[C@@H]1O. The number of carboxylic acids is 1. The third-order valence-corrected chi connectivity index (χ3v) is 5.25. The van der Waals surface area contributed by atoms with Crippen LogP contribution in [0.4, 0.5) is 0 Å². The number of benzene rings is 1. The Kier molecular flexibility index (Phi) is 6.37. The maximum absolute atomic E-state index is 11.7. The monoisotopic (exact) mass is 375 g/mol. The molecular formula is C17H23Cl2NO4. The number of piperidine rings is 1. The number of β-amino-alcohol motifs (C(OH)–C–C–N with tert-alkyl or cyclic N) is 1. The van der Waals surface area contributed by atoms with Crippen molar-refractivity contribution in [1.82, 2.24) is 4.90 Å². The van der Waals surface area contributed by atoms with Gasteiger partial charge in [0.05, 0.1) is 23.7 Å². The van der Waals surface area contributed by atoms with Crippen LogP contribution in [0.2, 0.25) is 10.0 Å². The zero-order valence-electron chi connectivity index (χ0n) is 13.9. The normalized spacial score (nSPS) is 24.8. The van der Waals surface area contributed by atoms with Gasteiger partial charge in [-0.15, -0.1) is 0 Å². The second-order valence-electron chi connectivity index (χ2n) is 6.29. The summed E-state index contributed by atoms with van der Waals surface area (Å²) in [7, 11) is 1.54. The molecule has 24 heavy (non-hydrogen) atoms. The van der Waals surface area contributed by atoms with E-state index in [1.807, 2.05) is 11.8 Å². The van der Waals surface area contributed by atoms with Crippen LogP contribution in [-0.2, 0) is 11.3 Å². The van der Waals surface area contributed by atoms with Crippen molar-refractivity contribution in [2.45, 2.75) is 38.8 Å². The molecule has 1 aliphatic rings. The molecule has 1 aromatic rings. The highest BCUT2D eigenvalue weighted by atomic mass is 35.5. The first kappa shape index (κ1) is 19.3. The summed E-state index contributed by atoms with van der Waals surface area (Å²) in [5.41, 5.74) is -0.234. The molecule has 0 aromatic heterocycles. The molecule has 0 amide bonds. The zero-order chi connectivity index (χ0) is 17.9. The van der Waals surface area contributed by atoms with Crippen molar-refractivity contribution in [3.8, 4) is 5.75 Å². The number of rotatable bonds is 6. The van der Waals surface area contributed by atoms with Gasteiger partial charge < -0.3 is 14.9 Å². The Labute approximate surface area is 152 Å². The van der Waals surface area contributed by atoms with E-state index in [2.05, 4.69) is 0 Å². The molecule has 0 radical (unpaired) electrons. The van der Waals surface area contributed by atoms with Crippen LogP contribution in [0.15, 0.2) is 12.1 Å². The largest absolute Gasteiger partial charge is 0.495 e. The van der Waals surface area contributed by atoms with Crippen LogP contribution in [0.3, 0.4) is 0 Å². The molecule has 0 aliphatic carbocycles. The van der Waals surface area contributed by atoms with Gasteiger partial charge in [-0.2, -0.15) is 0 Å². The van der Waals surface area contributed by atoms with Crippen molar-refractivity contribution >= 4 is 29.2 Å². The van der Waals surface area contributed by atoms with Crippen molar-refractivity contribution in [1.29, 1.82) is 0 Å². The first-order valence-electron chi connectivity index (χ1n) is 7.99. The summed E-state index contributed by atoms with van der Waals surface area (Å²) in [5, 5.41) is 21.0. The van der Waals surface area contributed by atoms with Crippen LogP contribution < -0.4 is 4.74 Å². The van der Waals surface area contributed by atoms with Gasteiger partial charge in [0.15, 0.2) is 0 Å². The van der Waals surface area contributed by atoms with Crippen LogP contribution in [0.5, 0.6) is 5.75 Å². The number of likely N-dealkylation sites (tertiary alicyclic amines) is 1. The molecule has 1 aliphatic heterocycles. The Morgan fingerprint density at radius 2 is 2.17 bits per heavy atom. The Balaban J connectivity index is 2.16. The molecule has 2 N–H and O–H groups in total. The van der Waals surface area contributed by atoms with E-state index >= 15 is 0 Å². The van der Waals surface area contributed by atoms with Crippen LogP contribution in [0.1, 0.15) is 31.7 Å². The van der Waals surface area contributed by atoms with E-state index in [-0.39, 0.29) is 0 Å². The molecule has 0 bridgehead atoms. The van der Waals surface area contributed by atoms with Crippen LogP contribution in [0.25, 0.3) is 0 Å². The van der Waals surface area contributed by atoms with Gasteiger partial charge in [0.1, 0.15) is 5.75 Å². The summed E-state index contributed by atoms with van der Waals surface area (Å²) in [6.07, 6.45) is 0.697. The maximum atomic E-state index is 11.7. The second-order valence-corrected chi connectivity index (χ2v) is 7.14. The lowest BCUT2D eigenvalue weighted by Crippen LogP contribution is -2.54. The summed E-state index contributed by atoms with van der Waals surface area (Å²) in [5.74, 6) is -0.362. The molecule has 1 heterocycles. The number of carboxylic acid groups (broad SMARTS) is 1. The third-order valence-electron chi connectivity index (χ3n) is 4.75. The van der Waals surface area contributed by atoms with Gasteiger partial charge >= 0.3 is 5.97 Å². The van der Waals surface area contributed by atoms with Crippen LogP contribution >= 0.6 is 23.2 Å². The highest BCUT2D eigenvalue weighted by Crippen LogP contribution is 2.38. The van der Waals surface area contributed by atoms with Gasteiger partial charge in [-0.3, -0.25) is 9.69 Å². The highest BCUT2D eigenvalue weighted by molar-refractivity contribution is 6.35. The lowest BCUT2D eigenvalue weighted by molar-refractivity contribution is -0.164. The second kappa shape index (κ2) is 7.91. The maximum Gasteiger partial charge on any atom is 0.312 e. The summed E-state index contributed by atoms with van der Waals surface area (Å²) < 4.78 is 5.34. The number of methoxy groups -OCH3 is 1. The standard InChI is InChI=1S/C17H23Cl2NO4/c1-3-4-17(16(22)23)5-6-20(10-14(17)21)9-11-7-12(18)8-13(19)15(11)24-2/h7-8,14,21H,3-6,9-10H2,1-2H3,(H,22,23)/t14-,17-/m0/s1. The lowest BCUT2D eigenvalue weighted by atomic mass is 9.73. The molecule has 7 heteroatoms. The molecule has 1 fully saturated rings. The van der Waals surface area contributed by atoms with Gasteiger partial charge in [0.25, 0.3) is 0 Å². The predicted octanol–water partition coefficient (Wildman–Crippen LogP) is 3.44. The highest BCUT2D eigenvalue weighted by Gasteiger charge is 2.47. The number of aliphatic hydroxyl groups is 1. The lowest BCUT2D eigenvalue weighted by Gasteiger charge is -2.42. The Morgan fingerprint density at radius 3 is 2.71 bits per heavy atom. The average Bonchev–Trinajstić information content (AvgIpc) is 2.49. The van der Waals surface area contributed by atoms with Crippen LogP contribution in [-0.4, -0.2) is 47.4 Å². The molecule has 5 nitrogen and oxygen atoms in total. The number of aliphatic carboxylic acids is 1. The number of ether oxygens (including phenoxy) is 1. The summed E-state index contributed by atoms with van der Waals surface area (Å²) in [6.45, 7) is 3.29. The quantitative estimate of drug-likeness (QED) is 0.796. The van der Waals surface area contributed by atoms with Gasteiger partial charge in [0.2, 0.25) is 0 Å². The first-order valence-corrected chi connectivity index (χ1v) is 8.75. The van der Waals surface area contributed by atoms with E-state index in [0.29, 0.717) is 48.3 Å². The minimum Gasteiger partial charge on any atom is -0.495 e. The molecule has 0 saturated carbocycles. The molecule has 2 rings (SSSR count). The van der Waals surface area contributed by atoms with Crippen molar-refractivity contribution in [2.24, 2.45) is 5.41 Å². The van der Waals surface area contributed by atoms with Gasteiger partial charge in [-0.05, 0) is 31.5 Å². The Morgan fingerprint density at radius 1 is 1.46 bits per heavy atom. The van der Waals surface area contributed by atoms with Gasteiger partial charge in [-0.1, -0.05) is 36.5 Å². The molecule has 134 valence electrons. The number of halogens is 2. The molecule has 1 aromatic carbocycles. The van der Waals surface area contributed by atoms with E-state index in [1.165, 1.54) is 0 Å². The number of carbonyl (C=O) groups is 1. The molecule has 2 atom stereocenters. The topological polar surface area (TPSA) is 70.0 Å². The summed E-state index contributed by atoms with van der Waals surface area (Å²) in [6, 6.07) is 3.40. The predicted molar refractivity (Wildman–Crippen MR) is 93.9 cm³/mol. The minimum atomic E-state index is -1.05.